The number of aromatic nitrogens is 1. The molecule has 0 fully saturated rings. The van der Waals surface area contributed by atoms with E-state index >= 15 is 0 Å². The molecule has 92 valence electrons. The number of hydrogen-bond acceptors (Lipinski definition) is 2. The highest BCUT2D eigenvalue weighted by Crippen LogP contribution is 2.35. The quantitative estimate of drug-likeness (QED) is 0.684. The average molecular weight is 241 g/mol. The Morgan fingerprint density at radius 3 is 2.44 bits per heavy atom. The number of hydrogen-bond donors (Lipinski definition) is 2. The van der Waals surface area contributed by atoms with Crippen LogP contribution in [0.2, 0.25) is 0 Å². The van der Waals surface area contributed by atoms with E-state index in [2.05, 4.69) is 11.5 Å². The molecule has 2 N–H and O–H groups in total. The summed E-state index contributed by atoms with van der Waals surface area (Å²) in [6.45, 7) is 4.95. The van der Waals surface area contributed by atoms with Crippen LogP contribution in [0.3, 0.4) is 0 Å². The number of phenolic OH excluding ortho intramolecular Hbond substituents is 2. The second-order valence-corrected chi connectivity index (χ2v) is 4.60. The zero-order valence-electron chi connectivity index (χ0n) is 10.4. The molecule has 0 aliphatic rings. The topological polar surface area (TPSA) is 45.4 Å². The number of phenols is 2. The second-order valence-electron chi connectivity index (χ2n) is 4.60. The largest absolute Gasteiger partial charge is 0.508 e. The summed E-state index contributed by atoms with van der Waals surface area (Å²) in [5.74, 6) is 0.511. The highest BCUT2D eigenvalue weighted by molar-refractivity contribution is 6.10. The predicted octanol–water partition coefficient (Wildman–Crippen LogP) is 3.53. The van der Waals surface area contributed by atoms with Crippen molar-refractivity contribution in [1.29, 1.82) is 0 Å². The van der Waals surface area contributed by atoms with E-state index in [1.54, 1.807) is 24.3 Å². The molecular weight excluding hydrogens is 226 g/mol. The molecule has 0 bridgehead atoms. The molecule has 1 aromatic heterocycles. The molecule has 0 amide bonds. The Kier molecular flexibility index (Phi) is 2.23. The molecule has 0 spiro atoms. The standard InChI is InChI=1S/C15H15NO2/c1-3-16-14-5-4-10(17)7-12(14)13-8-11(18)6-9(2)15(13)16/h4-8,17-18H,3H2,1-2H3. The van der Waals surface area contributed by atoms with Gasteiger partial charge in [0.2, 0.25) is 0 Å². The van der Waals surface area contributed by atoms with Crippen molar-refractivity contribution >= 4 is 21.8 Å². The molecule has 18 heavy (non-hydrogen) atoms. The summed E-state index contributed by atoms with van der Waals surface area (Å²) in [6.07, 6.45) is 0. The Bertz CT molecular complexity index is 756. The van der Waals surface area contributed by atoms with E-state index < -0.39 is 0 Å². The van der Waals surface area contributed by atoms with E-state index in [9.17, 15) is 10.2 Å². The smallest absolute Gasteiger partial charge is 0.116 e. The lowest BCUT2D eigenvalue weighted by molar-refractivity contribution is 0.475. The van der Waals surface area contributed by atoms with Gasteiger partial charge in [-0.2, -0.15) is 0 Å². The van der Waals surface area contributed by atoms with E-state index in [1.165, 1.54) is 0 Å². The summed E-state index contributed by atoms with van der Waals surface area (Å²) < 4.78 is 2.21. The molecular formula is C15H15NO2. The van der Waals surface area contributed by atoms with Crippen LogP contribution in [0.5, 0.6) is 11.5 Å². The summed E-state index contributed by atoms with van der Waals surface area (Å²) in [5.41, 5.74) is 3.25. The minimum absolute atomic E-state index is 0.249. The number of benzene rings is 2. The van der Waals surface area contributed by atoms with Gasteiger partial charge in [0, 0.05) is 22.8 Å². The number of rotatable bonds is 1. The normalized spacial score (nSPS) is 11.4. The minimum atomic E-state index is 0.249. The van der Waals surface area contributed by atoms with Crippen LogP contribution in [0.15, 0.2) is 30.3 Å². The molecule has 0 aliphatic carbocycles. The third kappa shape index (κ3) is 1.37. The summed E-state index contributed by atoms with van der Waals surface area (Å²) in [5, 5.41) is 21.4. The third-order valence-corrected chi connectivity index (χ3v) is 3.43. The van der Waals surface area contributed by atoms with E-state index in [4.69, 9.17) is 0 Å². The molecule has 0 radical (unpaired) electrons. The van der Waals surface area contributed by atoms with Gasteiger partial charge in [0.15, 0.2) is 0 Å². The summed E-state index contributed by atoms with van der Waals surface area (Å²) >= 11 is 0. The van der Waals surface area contributed by atoms with Gasteiger partial charge in [-0.25, -0.2) is 0 Å². The highest BCUT2D eigenvalue weighted by Gasteiger charge is 2.13. The maximum Gasteiger partial charge on any atom is 0.116 e. The number of aryl methyl sites for hydroxylation is 2. The summed E-state index contributed by atoms with van der Waals surface area (Å²) in [6, 6.07) is 8.90. The van der Waals surface area contributed by atoms with Gasteiger partial charge >= 0.3 is 0 Å². The van der Waals surface area contributed by atoms with Crippen LogP contribution in [0.25, 0.3) is 21.8 Å². The second kappa shape index (κ2) is 3.67. The molecule has 0 saturated carbocycles. The lowest BCUT2D eigenvalue weighted by atomic mass is 10.1. The number of aromatic hydroxyl groups is 2. The number of nitrogens with zero attached hydrogens (tertiary/aromatic N) is 1. The molecule has 1 heterocycles. The first-order chi connectivity index (χ1) is 8.61. The van der Waals surface area contributed by atoms with Gasteiger partial charge < -0.3 is 14.8 Å². The summed E-state index contributed by atoms with van der Waals surface area (Å²) in [4.78, 5) is 0. The fourth-order valence-electron chi connectivity index (χ4n) is 2.75. The van der Waals surface area contributed by atoms with E-state index in [1.807, 2.05) is 13.0 Å². The average Bonchev–Trinajstić information content (AvgIpc) is 2.63. The fourth-order valence-corrected chi connectivity index (χ4v) is 2.75. The SMILES string of the molecule is CCn1c2ccc(O)cc2c2cc(O)cc(C)c21. The molecule has 0 atom stereocenters. The monoisotopic (exact) mass is 241 g/mol. The van der Waals surface area contributed by atoms with Crippen molar-refractivity contribution in [2.24, 2.45) is 0 Å². The van der Waals surface area contributed by atoms with Crippen molar-refractivity contribution < 1.29 is 10.2 Å². The van der Waals surface area contributed by atoms with E-state index in [-0.39, 0.29) is 11.5 Å². The van der Waals surface area contributed by atoms with E-state index in [0.29, 0.717) is 0 Å². The minimum Gasteiger partial charge on any atom is -0.508 e. The van der Waals surface area contributed by atoms with Gasteiger partial charge in [-0.3, -0.25) is 0 Å². The maximum atomic E-state index is 9.75. The molecule has 3 heteroatoms. The van der Waals surface area contributed by atoms with Crippen LogP contribution in [-0.2, 0) is 6.54 Å². The number of fused-ring (bicyclic) bond motifs is 3. The van der Waals surface area contributed by atoms with Crippen LogP contribution < -0.4 is 0 Å². The van der Waals surface area contributed by atoms with E-state index in [0.717, 1.165) is 33.9 Å². The van der Waals surface area contributed by atoms with Gasteiger partial charge in [-0.1, -0.05) is 0 Å². The lowest BCUT2D eigenvalue weighted by Gasteiger charge is -2.05. The molecule has 0 unspecified atom stereocenters. The van der Waals surface area contributed by atoms with Crippen molar-refractivity contribution in [3.05, 3.63) is 35.9 Å². The Morgan fingerprint density at radius 2 is 1.72 bits per heavy atom. The Balaban J connectivity index is 2.61. The molecule has 0 aliphatic heterocycles. The van der Waals surface area contributed by atoms with Gasteiger partial charge in [-0.05, 0) is 49.7 Å². The lowest BCUT2D eigenvalue weighted by Crippen LogP contribution is -1.94. The molecule has 2 aromatic carbocycles. The molecule has 3 rings (SSSR count). The van der Waals surface area contributed by atoms with Gasteiger partial charge in [0.1, 0.15) is 11.5 Å². The van der Waals surface area contributed by atoms with Crippen molar-refractivity contribution in [3.63, 3.8) is 0 Å². The van der Waals surface area contributed by atoms with Crippen LogP contribution in [0, 0.1) is 6.92 Å². The molecule has 3 aromatic rings. The maximum absolute atomic E-state index is 9.75. The summed E-state index contributed by atoms with van der Waals surface area (Å²) in [7, 11) is 0. The highest BCUT2D eigenvalue weighted by atomic mass is 16.3. The first-order valence-electron chi connectivity index (χ1n) is 6.06. The van der Waals surface area contributed by atoms with Gasteiger partial charge in [0.25, 0.3) is 0 Å². The van der Waals surface area contributed by atoms with Gasteiger partial charge in [0.05, 0.1) is 5.52 Å². The fraction of sp³-hybridized carbons (Fsp3) is 0.200. The zero-order chi connectivity index (χ0) is 12.9. The van der Waals surface area contributed by atoms with Crippen LogP contribution in [-0.4, -0.2) is 14.8 Å². The first-order valence-corrected chi connectivity index (χ1v) is 6.06. The molecule has 3 nitrogen and oxygen atoms in total. The van der Waals surface area contributed by atoms with Crippen molar-refractivity contribution in [2.45, 2.75) is 20.4 Å². The van der Waals surface area contributed by atoms with Crippen LogP contribution in [0.4, 0.5) is 0 Å². The first kappa shape index (κ1) is 11.0. The zero-order valence-corrected chi connectivity index (χ0v) is 10.4. The van der Waals surface area contributed by atoms with Crippen LogP contribution >= 0.6 is 0 Å². The Morgan fingerprint density at radius 1 is 1.00 bits per heavy atom. The molecule has 0 saturated heterocycles. The van der Waals surface area contributed by atoms with Crippen molar-refractivity contribution in [3.8, 4) is 11.5 Å². The van der Waals surface area contributed by atoms with Crippen molar-refractivity contribution in [1.82, 2.24) is 4.57 Å². The van der Waals surface area contributed by atoms with Gasteiger partial charge in [-0.15, -0.1) is 0 Å². The van der Waals surface area contributed by atoms with Crippen molar-refractivity contribution in [2.75, 3.05) is 0 Å². The Hall–Kier alpha value is -2.16. The third-order valence-electron chi connectivity index (χ3n) is 3.43. The Labute approximate surface area is 105 Å². The van der Waals surface area contributed by atoms with Crippen LogP contribution in [0.1, 0.15) is 12.5 Å². The predicted molar refractivity (Wildman–Crippen MR) is 73.2 cm³/mol.